The van der Waals surface area contributed by atoms with E-state index in [1.807, 2.05) is 6.07 Å². The van der Waals surface area contributed by atoms with Crippen molar-refractivity contribution in [3.8, 4) is 11.5 Å². The standard InChI is InChI=1S/C28H29ClN2O4S/c1-28(2,3)16-10-11-18-22(14-16)36-26-23(18)25(32)30-24(31-26)15-9-12-20(21(13-15)34-4)35-27(33)17-7-5-6-8-19(17)29/h5-9,12-13,16,24,31H,10-11,14H2,1-4H3,(H,30,32)/t16-,24+/m0/s1. The Hall–Kier alpha value is -3.03. The van der Waals surface area contributed by atoms with Gasteiger partial charge in [-0.05, 0) is 66.0 Å². The number of anilines is 1. The van der Waals surface area contributed by atoms with Crippen molar-refractivity contribution in [3.05, 3.63) is 74.6 Å². The number of nitrogens with one attached hydrogen (secondary N) is 2. The maximum absolute atomic E-state index is 13.2. The number of hydrogen-bond acceptors (Lipinski definition) is 6. The maximum atomic E-state index is 13.2. The Balaban J connectivity index is 1.37. The highest BCUT2D eigenvalue weighted by atomic mass is 35.5. The molecule has 0 saturated heterocycles. The van der Waals surface area contributed by atoms with Crippen LogP contribution in [0.2, 0.25) is 5.02 Å². The summed E-state index contributed by atoms with van der Waals surface area (Å²) in [6.45, 7) is 6.87. The van der Waals surface area contributed by atoms with Crippen LogP contribution in [0.4, 0.5) is 5.00 Å². The zero-order valence-electron chi connectivity index (χ0n) is 20.7. The molecule has 0 fully saturated rings. The minimum atomic E-state index is -0.571. The van der Waals surface area contributed by atoms with Crippen molar-refractivity contribution in [3.63, 3.8) is 0 Å². The molecule has 0 spiro atoms. The number of carbonyl (C=O) groups excluding carboxylic acids is 2. The van der Waals surface area contributed by atoms with Crippen LogP contribution in [-0.2, 0) is 12.8 Å². The molecule has 2 atom stereocenters. The first-order chi connectivity index (χ1) is 17.2. The van der Waals surface area contributed by atoms with Crippen molar-refractivity contribution in [2.45, 2.75) is 46.2 Å². The lowest BCUT2D eigenvalue weighted by atomic mass is 9.72. The minimum Gasteiger partial charge on any atom is -0.493 e. The molecule has 1 aliphatic carbocycles. The lowest BCUT2D eigenvalue weighted by Crippen LogP contribution is -2.38. The number of esters is 1. The fourth-order valence-corrected chi connectivity index (χ4v) is 6.50. The van der Waals surface area contributed by atoms with Gasteiger partial charge in [-0.2, -0.15) is 0 Å². The first-order valence-corrected chi connectivity index (χ1v) is 13.2. The predicted molar refractivity (Wildman–Crippen MR) is 143 cm³/mol. The average Bonchev–Trinajstić information content (AvgIpc) is 3.22. The number of benzene rings is 2. The Bertz CT molecular complexity index is 1340. The number of ether oxygens (including phenoxy) is 2. The van der Waals surface area contributed by atoms with E-state index in [0.29, 0.717) is 16.7 Å². The van der Waals surface area contributed by atoms with Crippen LogP contribution in [0.15, 0.2) is 42.5 Å². The highest BCUT2D eigenvalue weighted by Gasteiger charge is 2.36. The molecular weight excluding hydrogens is 496 g/mol. The first kappa shape index (κ1) is 24.7. The summed E-state index contributed by atoms with van der Waals surface area (Å²) >= 11 is 7.82. The quantitative estimate of drug-likeness (QED) is 0.296. The van der Waals surface area contributed by atoms with Crippen LogP contribution in [-0.4, -0.2) is 19.0 Å². The van der Waals surface area contributed by atoms with Gasteiger partial charge < -0.3 is 20.1 Å². The molecule has 2 N–H and O–H groups in total. The van der Waals surface area contributed by atoms with E-state index in [1.165, 1.54) is 17.6 Å². The summed E-state index contributed by atoms with van der Waals surface area (Å²) in [5, 5.41) is 7.82. The van der Waals surface area contributed by atoms with Gasteiger partial charge in [-0.1, -0.05) is 50.6 Å². The third kappa shape index (κ3) is 4.58. The molecule has 2 aliphatic rings. The molecule has 2 aromatic carbocycles. The van der Waals surface area contributed by atoms with E-state index in [9.17, 15) is 9.59 Å². The molecule has 1 amide bonds. The largest absolute Gasteiger partial charge is 0.493 e. The van der Waals surface area contributed by atoms with E-state index in [-0.39, 0.29) is 22.6 Å². The van der Waals surface area contributed by atoms with Crippen LogP contribution >= 0.6 is 22.9 Å². The lowest BCUT2D eigenvalue weighted by molar-refractivity contribution is 0.0729. The van der Waals surface area contributed by atoms with Gasteiger partial charge in [0.25, 0.3) is 5.91 Å². The number of carbonyl (C=O) groups is 2. The minimum absolute atomic E-state index is 0.0614. The van der Waals surface area contributed by atoms with Crippen molar-refractivity contribution >= 4 is 39.8 Å². The number of hydrogen-bond donors (Lipinski definition) is 2. The average molecular weight is 525 g/mol. The number of halogens is 1. The van der Waals surface area contributed by atoms with Gasteiger partial charge in [0, 0.05) is 4.88 Å². The number of rotatable bonds is 4. The zero-order valence-corrected chi connectivity index (χ0v) is 22.3. The van der Waals surface area contributed by atoms with Crippen LogP contribution in [0.1, 0.15) is 70.1 Å². The summed E-state index contributed by atoms with van der Waals surface area (Å²) < 4.78 is 11.1. The van der Waals surface area contributed by atoms with Crippen molar-refractivity contribution in [1.82, 2.24) is 5.32 Å². The number of methoxy groups -OCH3 is 1. The van der Waals surface area contributed by atoms with Gasteiger partial charge >= 0.3 is 5.97 Å². The number of amides is 1. The smallest absolute Gasteiger partial charge is 0.345 e. The Kier molecular flexibility index (Phi) is 6.47. The fourth-order valence-electron chi connectivity index (χ4n) is 4.93. The summed E-state index contributed by atoms with van der Waals surface area (Å²) in [5.74, 6) is 0.628. The molecule has 6 nitrogen and oxygen atoms in total. The first-order valence-electron chi connectivity index (χ1n) is 12.0. The van der Waals surface area contributed by atoms with E-state index < -0.39 is 12.1 Å². The van der Waals surface area contributed by atoms with Crippen molar-refractivity contribution in [2.75, 3.05) is 12.4 Å². The second-order valence-corrected chi connectivity index (χ2v) is 11.9. The van der Waals surface area contributed by atoms with Gasteiger partial charge in [-0.25, -0.2) is 4.79 Å². The molecule has 188 valence electrons. The van der Waals surface area contributed by atoms with Crippen molar-refractivity contribution in [2.24, 2.45) is 11.3 Å². The second kappa shape index (κ2) is 9.45. The van der Waals surface area contributed by atoms with Gasteiger partial charge in [0.05, 0.1) is 23.3 Å². The SMILES string of the molecule is COc1cc([C@@H]2NC(=O)c3c(sc4c3CC[C@H](C(C)(C)C)C4)N2)ccc1OC(=O)c1ccccc1Cl. The third-order valence-corrected chi connectivity index (χ3v) is 8.60. The summed E-state index contributed by atoms with van der Waals surface area (Å²) in [5.41, 5.74) is 3.29. The third-order valence-electron chi connectivity index (χ3n) is 7.09. The van der Waals surface area contributed by atoms with E-state index >= 15 is 0 Å². The Morgan fingerprint density at radius 3 is 2.61 bits per heavy atom. The molecular formula is C28H29ClN2O4S. The van der Waals surface area contributed by atoms with E-state index in [0.717, 1.165) is 35.4 Å². The van der Waals surface area contributed by atoms with E-state index in [4.69, 9.17) is 21.1 Å². The van der Waals surface area contributed by atoms with E-state index in [1.54, 1.807) is 47.7 Å². The highest BCUT2D eigenvalue weighted by molar-refractivity contribution is 7.16. The second-order valence-electron chi connectivity index (χ2n) is 10.3. The molecule has 3 aromatic rings. The molecule has 0 unspecified atom stereocenters. The molecule has 1 aliphatic heterocycles. The lowest BCUT2D eigenvalue weighted by Gasteiger charge is -2.34. The monoisotopic (exact) mass is 524 g/mol. The van der Waals surface area contributed by atoms with Crippen molar-refractivity contribution < 1.29 is 19.1 Å². The maximum Gasteiger partial charge on any atom is 0.345 e. The molecule has 0 saturated carbocycles. The normalized spacial score (nSPS) is 19.0. The molecule has 36 heavy (non-hydrogen) atoms. The summed E-state index contributed by atoms with van der Waals surface area (Å²) in [4.78, 5) is 27.1. The Morgan fingerprint density at radius 1 is 1.11 bits per heavy atom. The Labute approximate surface area is 220 Å². The molecule has 0 radical (unpaired) electrons. The van der Waals surface area contributed by atoms with Gasteiger partial charge in [-0.15, -0.1) is 11.3 Å². The van der Waals surface area contributed by atoms with Gasteiger partial charge in [0.1, 0.15) is 11.2 Å². The molecule has 0 bridgehead atoms. The fraction of sp³-hybridized carbons (Fsp3) is 0.357. The Morgan fingerprint density at radius 2 is 1.89 bits per heavy atom. The van der Waals surface area contributed by atoms with Crippen LogP contribution < -0.4 is 20.1 Å². The van der Waals surface area contributed by atoms with Gasteiger partial charge in [0.15, 0.2) is 11.5 Å². The molecule has 5 rings (SSSR count). The topological polar surface area (TPSA) is 76.7 Å². The molecule has 2 heterocycles. The molecule has 1 aromatic heterocycles. The van der Waals surface area contributed by atoms with Crippen LogP contribution in [0.5, 0.6) is 11.5 Å². The zero-order chi connectivity index (χ0) is 25.6. The van der Waals surface area contributed by atoms with Crippen LogP contribution in [0, 0.1) is 11.3 Å². The number of fused-ring (bicyclic) bond motifs is 3. The van der Waals surface area contributed by atoms with Gasteiger partial charge in [0.2, 0.25) is 0 Å². The van der Waals surface area contributed by atoms with Gasteiger partial charge in [-0.3, -0.25) is 4.79 Å². The predicted octanol–water partition coefficient (Wildman–Crippen LogP) is 6.63. The number of thiophene rings is 1. The van der Waals surface area contributed by atoms with Crippen molar-refractivity contribution in [1.29, 1.82) is 0 Å². The van der Waals surface area contributed by atoms with Crippen LogP contribution in [0.3, 0.4) is 0 Å². The summed E-state index contributed by atoms with van der Waals surface area (Å²) in [6, 6.07) is 12.0. The highest BCUT2D eigenvalue weighted by Crippen LogP contribution is 2.46. The van der Waals surface area contributed by atoms with Crippen LogP contribution in [0.25, 0.3) is 0 Å². The summed E-state index contributed by atoms with van der Waals surface area (Å²) in [6.07, 6.45) is 2.62. The molecule has 8 heteroatoms. The van der Waals surface area contributed by atoms with E-state index in [2.05, 4.69) is 31.4 Å². The summed E-state index contributed by atoms with van der Waals surface area (Å²) in [7, 11) is 1.51.